The van der Waals surface area contributed by atoms with Gasteiger partial charge in [-0.1, -0.05) is 6.07 Å². The van der Waals surface area contributed by atoms with Crippen LogP contribution in [-0.4, -0.2) is 31.9 Å². The maximum Gasteiger partial charge on any atom is 0.119 e. The minimum Gasteiger partial charge on any atom is -0.497 e. The first-order valence-electron chi connectivity index (χ1n) is 7.49. The topological polar surface area (TPSA) is 67.5 Å². The van der Waals surface area contributed by atoms with E-state index in [2.05, 4.69) is 17.4 Å². The average Bonchev–Trinajstić information content (AvgIpc) is 2.51. The van der Waals surface area contributed by atoms with E-state index in [1.807, 2.05) is 6.07 Å². The Balaban J connectivity index is 2.21. The van der Waals surface area contributed by atoms with E-state index in [1.165, 1.54) is 11.1 Å². The van der Waals surface area contributed by atoms with E-state index < -0.39 is 0 Å². The van der Waals surface area contributed by atoms with Crippen molar-refractivity contribution in [2.45, 2.75) is 37.6 Å². The van der Waals surface area contributed by atoms with Gasteiger partial charge in [0, 0.05) is 13.2 Å². The third kappa shape index (κ3) is 3.14. The number of aliphatic hydroxyl groups excluding tert-OH is 1. The van der Waals surface area contributed by atoms with Gasteiger partial charge < -0.3 is 20.9 Å². The molecule has 1 aliphatic carbocycles. The highest BCUT2D eigenvalue weighted by molar-refractivity contribution is 5.42. The molecule has 0 aliphatic heterocycles. The monoisotopic (exact) mass is 278 g/mol. The van der Waals surface area contributed by atoms with Crippen LogP contribution in [0.2, 0.25) is 0 Å². The maximum absolute atomic E-state index is 8.88. The van der Waals surface area contributed by atoms with Crippen LogP contribution in [0.25, 0.3) is 0 Å². The highest BCUT2D eigenvalue weighted by Gasteiger charge is 2.35. The Morgan fingerprint density at radius 2 is 2.25 bits per heavy atom. The Morgan fingerprint density at radius 3 is 2.95 bits per heavy atom. The zero-order chi connectivity index (χ0) is 14.4. The van der Waals surface area contributed by atoms with Gasteiger partial charge in [-0.25, -0.2) is 0 Å². The molecule has 1 unspecified atom stereocenters. The van der Waals surface area contributed by atoms with Gasteiger partial charge in [0.1, 0.15) is 5.75 Å². The number of ether oxygens (including phenoxy) is 1. The molecule has 0 fully saturated rings. The van der Waals surface area contributed by atoms with Crippen molar-refractivity contribution in [1.29, 1.82) is 0 Å². The summed E-state index contributed by atoms with van der Waals surface area (Å²) < 4.78 is 5.36. The second-order valence-electron chi connectivity index (χ2n) is 5.52. The number of aliphatic hydroxyl groups is 1. The molecule has 0 spiro atoms. The average molecular weight is 278 g/mol. The van der Waals surface area contributed by atoms with Crippen molar-refractivity contribution in [1.82, 2.24) is 5.32 Å². The molecule has 0 bridgehead atoms. The third-order valence-corrected chi connectivity index (χ3v) is 4.28. The van der Waals surface area contributed by atoms with Crippen LogP contribution in [0.15, 0.2) is 18.2 Å². The first-order valence-corrected chi connectivity index (χ1v) is 7.49. The standard InChI is InChI=1S/C16H26N2O2/c1-20-14-7-6-13-5-4-8-16(12-17,15(13)11-14)18-9-2-3-10-19/h6-7,11,18-19H,2-5,8-10,12,17H2,1H3. The molecule has 4 N–H and O–H groups in total. The van der Waals surface area contributed by atoms with Crippen LogP contribution < -0.4 is 15.8 Å². The summed E-state index contributed by atoms with van der Waals surface area (Å²) in [5.41, 5.74) is 8.62. The van der Waals surface area contributed by atoms with Crippen molar-refractivity contribution in [3.8, 4) is 5.75 Å². The zero-order valence-electron chi connectivity index (χ0n) is 12.3. The molecule has 0 saturated heterocycles. The number of fused-ring (bicyclic) bond motifs is 1. The summed E-state index contributed by atoms with van der Waals surface area (Å²) in [6, 6.07) is 6.31. The quantitative estimate of drug-likeness (QED) is 0.662. The van der Waals surface area contributed by atoms with Gasteiger partial charge in [0.05, 0.1) is 12.6 Å². The summed E-state index contributed by atoms with van der Waals surface area (Å²) in [5.74, 6) is 0.889. The minimum atomic E-state index is -0.141. The first-order chi connectivity index (χ1) is 9.75. The summed E-state index contributed by atoms with van der Waals surface area (Å²) in [7, 11) is 1.70. The Morgan fingerprint density at radius 1 is 1.40 bits per heavy atom. The van der Waals surface area contributed by atoms with Crippen molar-refractivity contribution in [2.24, 2.45) is 5.73 Å². The number of methoxy groups -OCH3 is 1. The summed E-state index contributed by atoms with van der Waals surface area (Å²) in [4.78, 5) is 0. The van der Waals surface area contributed by atoms with Crippen LogP contribution in [0.3, 0.4) is 0 Å². The molecule has 1 aliphatic rings. The van der Waals surface area contributed by atoms with Crippen LogP contribution in [0.1, 0.15) is 36.8 Å². The molecule has 0 radical (unpaired) electrons. The maximum atomic E-state index is 8.88. The van der Waals surface area contributed by atoms with Gasteiger partial charge in [-0.3, -0.25) is 0 Å². The lowest BCUT2D eigenvalue weighted by Gasteiger charge is -2.39. The van der Waals surface area contributed by atoms with Gasteiger partial charge in [-0.15, -0.1) is 0 Å². The summed E-state index contributed by atoms with van der Waals surface area (Å²) in [6.45, 7) is 1.72. The predicted octanol–water partition coefficient (Wildman–Crippen LogP) is 1.55. The lowest BCUT2D eigenvalue weighted by atomic mass is 9.76. The number of hydrogen-bond acceptors (Lipinski definition) is 4. The van der Waals surface area contributed by atoms with E-state index in [0.29, 0.717) is 6.54 Å². The molecular weight excluding hydrogens is 252 g/mol. The van der Waals surface area contributed by atoms with Gasteiger partial charge >= 0.3 is 0 Å². The first kappa shape index (κ1) is 15.3. The molecule has 0 heterocycles. The van der Waals surface area contributed by atoms with E-state index in [-0.39, 0.29) is 12.1 Å². The van der Waals surface area contributed by atoms with Crippen LogP contribution in [0, 0.1) is 0 Å². The number of nitrogens with two attached hydrogens (primary N) is 1. The summed E-state index contributed by atoms with van der Waals surface area (Å²) in [5, 5.41) is 12.5. The molecule has 1 aromatic rings. The van der Waals surface area contributed by atoms with E-state index in [1.54, 1.807) is 7.11 Å². The Bertz CT molecular complexity index is 436. The fraction of sp³-hybridized carbons (Fsp3) is 0.625. The van der Waals surface area contributed by atoms with E-state index in [9.17, 15) is 0 Å². The molecule has 0 saturated carbocycles. The molecule has 0 aromatic heterocycles. The number of rotatable bonds is 7. The lowest BCUT2D eigenvalue weighted by molar-refractivity contribution is 0.264. The molecule has 0 amide bonds. The highest BCUT2D eigenvalue weighted by Crippen LogP contribution is 2.36. The van der Waals surface area contributed by atoms with Crippen molar-refractivity contribution in [3.63, 3.8) is 0 Å². The lowest BCUT2D eigenvalue weighted by Crippen LogP contribution is -2.50. The fourth-order valence-electron chi connectivity index (χ4n) is 3.09. The molecule has 4 heteroatoms. The second kappa shape index (κ2) is 7.07. The Kier molecular flexibility index (Phi) is 5.40. The zero-order valence-corrected chi connectivity index (χ0v) is 12.3. The SMILES string of the molecule is COc1ccc2c(c1)C(CN)(NCCCCO)CCC2. The van der Waals surface area contributed by atoms with Gasteiger partial charge in [-0.2, -0.15) is 0 Å². The molecular formula is C16H26N2O2. The predicted molar refractivity (Wildman–Crippen MR) is 81.0 cm³/mol. The Labute approximate surface area is 121 Å². The third-order valence-electron chi connectivity index (χ3n) is 4.28. The molecule has 20 heavy (non-hydrogen) atoms. The smallest absolute Gasteiger partial charge is 0.119 e. The summed E-state index contributed by atoms with van der Waals surface area (Å²) >= 11 is 0. The molecule has 1 atom stereocenters. The number of aryl methyl sites for hydroxylation is 1. The number of benzene rings is 1. The molecule has 112 valence electrons. The molecule has 1 aromatic carbocycles. The number of hydrogen-bond donors (Lipinski definition) is 3. The van der Waals surface area contributed by atoms with Crippen LogP contribution in [0.5, 0.6) is 5.75 Å². The van der Waals surface area contributed by atoms with Gasteiger partial charge in [0.15, 0.2) is 0 Å². The highest BCUT2D eigenvalue weighted by atomic mass is 16.5. The molecule has 4 nitrogen and oxygen atoms in total. The largest absolute Gasteiger partial charge is 0.497 e. The van der Waals surface area contributed by atoms with E-state index in [0.717, 1.165) is 44.4 Å². The van der Waals surface area contributed by atoms with Gasteiger partial charge in [-0.05, 0) is 61.9 Å². The van der Waals surface area contributed by atoms with Gasteiger partial charge in [0.25, 0.3) is 0 Å². The van der Waals surface area contributed by atoms with Crippen LogP contribution >= 0.6 is 0 Å². The van der Waals surface area contributed by atoms with E-state index >= 15 is 0 Å². The van der Waals surface area contributed by atoms with Crippen LogP contribution in [0.4, 0.5) is 0 Å². The fourth-order valence-corrected chi connectivity index (χ4v) is 3.09. The molecule has 2 rings (SSSR count). The van der Waals surface area contributed by atoms with Crippen molar-refractivity contribution < 1.29 is 9.84 Å². The van der Waals surface area contributed by atoms with E-state index in [4.69, 9.17) is 15.6 Å². The van der Waals surface area contributed by atoms with Crippen molar-refractivity contribution in [3.05, 3.63) is 29.3 Å². The van der Waals surface area contributed by atoms with Crippen LogP contribution in [-0.2, 0) is 12.0 Å². The van der Waals surface area contributed by atoms with Crippen molar-refractivity contribution in [2.75, 3.05) is 26.8 Å². The number of unbranched alkanes of at least 4 members (excludes halogenated alkanes) is 1. The Hall–Kier alpha value is -1.10. The normalized spacial score (nSPS) is 21.6. The van der Waals surface area contributed by atoms with Crippen molar-refractivity contribution >= 4 is 0 Å². The summed E-state index contributed by atoms with van der Waals surface area (Å²) in [6.07, 6.45) is 5.13. The second-order valence-corrected chi connectivity index (χ2v) is 5.52. The van der Waals surface area contributed by atoms with Gasteiger partial charge in [0.2, 0.25) is 0 Å². The minimum absolute atomic E-state index is 0.141. The number of nitrogens with one attached hydrogen (secondary N) is 1.